The predicted molar refractivity (Wildman–Crippen MR) is 152 cm³/mol. The number of carbonyl (C=O) groups excluding carboxylic acids is 2. The molecule has 0 bridgehead atoms. The average molecular weight is 521 g/mol. The van der Waals surface area contributed by atoms with E-state index in [1.54, 1.807) is 12.3 Å². The van der Waals surface area contributed by atoms with Gasteiger partial charge in [-0.2, -0.15) is 0 Å². The van der Waals surface area contributed by atoms with Crippen molar-refractivity contribution < 1.29 is 9.59 Å². The Labute approximate surface area is 224 Å². The summed E-state index contributed by atoms with van der Waals surface area (Å²) in [6.07, 6.45) is 13.2. The molecular weight excluding hydrogens is 480 g/mol. The van der Waals surface area contributed by atoms with Crippen LogP contribution in [-0.4, -0.2) is 27.9 Å². The number of benzene rings is 1. The van der Waals surface area contributed by atoms with E-state index >= 15 is 0 Å². The van der Waals surface area contributed by atoms with Gasteiger partial charge >= 0.3 is 0 Å². The number of rotatable bonds is 11. The summed E-state index contributed by atoms with van der Waals surface area (Å²) >= 11 is 1.39. The summed E-state index contributed by atoms with van der Waals surface area (Å²) in [4.78, 5) is 29.5. The SMILES string of the molecule is CC(CCCCC1CCC1)c1cccc(-c2csc(NC(=O)CNC(=O)c3ccn(C(C)(C)C)c3)n2)c1. The van der Waals surface area contributed by atoms with Crippen LogP contribution in [0.25, 0.3) is 11.3 Å². The van der Waals surface area contributed by atoms with Crippen LogP contribution in [0, 0.1) is 5.92 Å². The Morgan fingerprint density at radius 2 is 2.00 bits per heavy atom. The molecule has 4 rings (SSSR count). The molecule has 1 aromatic carbocycles. The van der Waals surface area contributed by atoms with E-state index < -0.39 is 0 Å². The number of hydrogen-bond donors (Lipinski definition) is 2. The highest BCUT2D eigenvalue weighted by Crippen LogP contribution is 2.33. The Morgan fingerprint density at radius 1 is 1.19 bits per heavy atom. The molecule has 1 aliphatic carbocycles. The van der Waals surface area contributed by atoms with E-state index in [1.807, 2.05) is 16.1 Å². The van der Waals surface area contributed by atoms with Crippen molar-refractivity contribution in [2.24, 2.45) is 5.92 Å². The lowest BCUT2D eigenvalue weighted by Gasteiger charge is -2.25. The van der Waals surface area contributed by atoms with Crippen molar-refractivity contribution in [3.63, 3.8) is 0 Å². The van der Waals surface area contributed by atoms with Gasteiger partial charge in [0, 0.05) is 28.9 Å². The lowest BCUT2D eigenvalue weighted by atomic mass is 9.81. The van der Waals surface area contributed by atoms with E-state index in [-0.39, 0.29) is 23.9 Å². The predicted octanol–water partition coefficient (Wildman–Crippen LogP) is 7.20. The number of hydrogen-bond acceptors (Lipinski definition) is 4. The van der Waals surface area contributed by atoms with E-state index in [9.17, 15) is 9.59 Å². The first-order valence-corrected chi connectivity index (χ1v) is 14.4. The summed E-state index contributed by atoms with van der Waals surface area (Å²) in [6, 6.07) is 10.3. The summed E-state index contributed by atoms with van der Waals surface area (Å²) in [5.41, 5.74) is 3.68. The molecule has 0 radical (unpaired) electrons. The molecule has 2 N–H and O–H groups in total. The lowest BCUT2D eigenvalue weighted by molar-refractivity contribution is -0.115. The van der Waals surface area contributed by atoms with Gasteiger partial charge in [-0.25, -0.2) is 4.98 Å². The fraction of sp³-hybridized carbons (Fsp3) is 0.500. The second-order valence-corrected chi connectivity index (χ2v) is 12.2. The number of anilines is 1. The second-order valence-electron chi connectivity index (χ2n) is 11.4. The zero-order chi connectivity index (χ0) is 26.4. The Hall–Kier alpha value is -2.93. The molecule has 0 spiro atoms. The molecule has 2 heterocycles. The molecule has 2 aromatic heterocycles. The van der Waals surface area contributed by atoms with Gasteiger partial charge < -0.3 is 15.2 Å². The van der Waals surface area contributed by atoms with Crippen LogP contribution < -0.4 is 10.6 Å². The van der Waals surface area contributed by atoms with Gasteiger partial charge in [0.25, 0.3) is 5.91 Å². The number of thiazole rings is 1. The van der Waals surface area contributed by atoms with Crippen molar-refractivity contribution in [1.82, 2.24) is 14.9 Å². The topological polar surface area (TPSA) is 76.0 Å². The standard InChI is InChI=1S/C30H40N4O2S/c1-21(9-5-6-10-22-11-7-12-22)23-13-8-14-24(17-23)26-20-37-29(32-26)33-27(35)18-31-28(36)25-15-16-34(19-25)30(2,3)4/h8,13-17,19-22H,5-7,9-12,18H2,1-4H3,(H,31,36)(H,32,33,35). The van der Waals surface area contributed by atoms with Crippen molar-refractivity contribution in [2.45, 2.75) is 84.1 Å². The zero-order valence-electron chi connectivity index (χ0n) is 22.5. The Bertz CT molecular complexity index is 1200. The highest BCUT2D eigenvalue weighted by atomic mass is 32.1. The summed E-state index contributed by atoms with van der Waals surface area (Å²) in [5, 5.41) is 7.99. The van der Waals surface area contributed by atoms with Crippen molar-refractivity contribution in [3.8, 4) is 11.3 Å². The summed E-state index contributed by atoms with van der Waals surface area (Å²) in [5.74, 6) is 0.944. The van der Waals surface area contributed by atoms with Gasteiger partial charge in [-0.3, -0.25) is 9.59 Å². The number of unbranched alkanes of at least 4 members (excludes halogenated alkanes) is 1. The molecule has 6 nitrogen and oxygen atoms in total. The molecule has 7 heteroatoms. The van der Waals surface area contributed by atoms with E-state index in [0.717, 1.165) is 17.2 Å². The van der Waals surface area contributed by atoms with Gasteiger partial charge in [0.1, 0.15) is 0 Å². The minimum Gasteiger partial charge on any atom is -0.348 e. The van der Waals surface area contributed by atoms with E-state index in [1.165, 1.54) is 61.8 Å². The fourth-order valence-electron chi connectivity index (χ4n) is 4.67. The highest BCUT2D eigenvalue weighted by Gasteiger charge is 2.18. The number of carbonyl (C=O) groups is 2. The molecule has 0 aliphatic heterocycles. The maximum atomic E-state index is 12.4. The smallest absolute Gasteiger partial charge is 0.253 e. The van der Waals surface area contributed by atoms with Crippen LogP contribution in [-0.2, 0) is 10.3 Å². The number of aromatic nitrogens is 2. The maximum Gasteiger partial charge on any atom is 0.253 e. The maximum absolute atomic E-state index is 12.4. The minimum atomic E-state index is -0.297. The van der Waals surface area contributed by atoms with Crippen molar-refractivity contribution >= 4 is 28.3 Å². The van der Waals surface area contributed by atoms with Crippen LogP contribution in [0.5, 0.6) is 0 Å². The lowest BCUT2D eigenvalue weighted by Crippen LogP contribution is -2.32. The van der Waals surface area contributed by atoms with Crippen LogP contribution in [0.2, 0.25) is 0 Å². The third-order valence-corrected chi connectivity index (χ3v) is 8.12. The number of nitrogens with zero attached hydrogens (tertiary/aromatic N) is 2. The summed E-state index contributed by atoms with van der Waals surface area (Å²) in [6.45, 7) is 8.40. The molecule has 0 saturated heterocycles. The Balaban J connectivity index is 1.25. The molecule has 37 heavy (non-hydrogen) atoms. The summed E-state index contributed by atoms with van der Waals surface area (Å²) in [7, 11) is 0. The van der Waals surface area contributed by atoms with Crippen LogP contribution in [0.1, 0.15) is 94.5 Å². The number of amides is 2. The zero-order valence-corrected chi connectivity index (χ0v) is 23.4. The third-order valence-electron chi connectivity index (χ3n) is 7.37. The van der Waals surface area contributed by atoms with Gasteiger partial charge in [-0.1, -0.05) is 63.6 Å². The van der Waals surface area contributed by atoms with E-state index in [2.05, 4.69) is 67.6 Å². The van der Waals surface area contributed by atoms with Crippen molar-refractivity contribution in [1.29, 1.82) is 0 Å². The molecule has 3 aromatic rings. The van der Waals surface area contributed by atoms with Crippen LogP contribution in [0.15, 0.2) is 48.1 Å². The largest absolute Gasteiger partial charge is 0.348 e. The molecular formula is C30H40N4O2S. The second kappa shape index (κ2) is 12.1. The van der Waals surface area contributed by atoms with Gasteiger partial charge in [0.2, 0.25) is 5.91 Å². The normalized spacial score (nSPS) is 14.7. The third kappa shape index (κ3) is 7.54. The Kier molecular flexibility index (Phi) is 8.85. The van der Waals surface area contributed by atoms with E-state index in [4.69, 9.17) is 0 Å². The minimum absolute atomic E-state index is 0.106. The van der Waals surface area contributed by atoms with Crippen LogP contribution >= 0.6 is 11.3 Å². The quantitative estimate of drug-likeness (QED) is 0.263. The van der Waals surface area contributed by atoms with E-state index in [0.29, 0.717) is 16.6 Å². The molecule has 2 amide bonds. The molecule has 1 fully saturated rings. The van der Waals surface area contributed by atoms with Gasteiger partial charge in [-0.15, -0.1) is 11.3 Å². The molecule has 1 aliphatic rings. The average Bonchev–Trinajstić information content (AvgIpc) is 3.51. The van der Waals surface area contributed by atoms with Gasteiger partial charge in [0.05, 0.1) is 17.8 Å². The molecule has 1 atom stereocenters. The van der Waals surface area contributed by atoms with Crippen molar-refractivity contribution in [2.75, 3.05) is 11.9 Å². The first-order valence-electron chi connectivity index (χ1n) is 13.5. The first kappa shape index (κ1) is 27.1. The van der Waals surface area contributed by atoms with Gasteiger partial charge in [-0.05, 0) is 56.7 Å². The first-order chi connectivity index (χ1) is 17.7. The van der Waals surface area contributed by atoms with Crippen molar-refractivity contribution in [3.05, 3.63) is 59.2 Å². The molecule has 1 unspecified atom stereocenters. The summed E-state index contributed by atoms with van der Waals surface area (Å²) < 4.78 is 1.98. The Morgan fingerprint density at radius 3 is 2.70 bits per heavy atom. The van der Waals surface area contributed by atoms with Crippen LogP contribution in [0.4, 0.5) is 5.13 Å². The fourth-order valence-corrected chi connectivity index (χ4v) is 5.41. The highest BCUT2D eigenvalue weighted by molar-refractivity contribution is 7.14. The molecule has 1 saturated carbocycles. The molecule has 198 valence electrons. The van der Waals surface area contributed by atoms with Gasteiger partial charge in [0.15, 0.2) is 5.13 Å². The number of nitrogens with one attached hydrogen (secondary N) is 2. The van der Waals surface area contributed by atoms with Crippen LogP contribution in [0.3, 0.4) is 0 Å². The monoisotopic (exact) mass is 520 g/mol.